The number of nitrogens with zero attached hydrogens (tertiary/aromatic N) is 4. The minimum Gasteiger partial charge on any atom is -0.347 e. The zero-order chi connectivity index (χ0) is 15.5. The van der Waals surface area contributed by atoms with Gasteiger partial charge in [0.1, 0.15) is 0 Å². The number of fused-ring (bicyclic) bond motifs is 1. The molecule has 0 aromatic carbocycles. The molecule has 5 heteroatoms. The third-order valence-electron chi connectivity index (χ3n) is 5.04. The molecule has 22 heavy (non-hydrogen) atoms. The van der Waals surface area contributed by atoms with Gasteiger partial charge in [0.05, 0.1) is 5.69 Å². The Morgan fingerprint density at radius 1 is 1.27 bits per heavy atom. The smallest absolute Gasteiger partial charge is 0.225 e. The molecule has 1 aromatic heterocycles. The normalized spacial score (nSPS) is 23.3. The maximum Gasteiger partial charge on any atom is 0.225 e. The molecule has 1 saturated heterocycles. The summed E-state index contributed by atoms with van der Waals surface area (Å²) in [5, 5.41) is 3.89. The van der Waals surface area contributed by atoms with E-state index >= 15 is 0 Å². The Morgan fingerprint density at radius 3 is 2.73 bits per heavy atom. The predicted molar refractivity (Wildman–Crippen MR) is 90.3 cm³/mol. The molecule has 0 amide bonds. The number of aromatic nitrogens is 2. The fourth-order valence-electron chi connectivity index (χ4n) is 3.63. The Morgan fingerprint density at radius 2 is 2.05 bits per heavy atom. The van der Waals surface area contributed by atoms with Crippen molar-refractivity contribution in [2.45, 2.75) is 51.1 Å². The number of hydrogen-bond acceptors (Lipinski definition) is 5. The minimum atomic E-state index is 0.443. The lowest BCUT2D eigenvalue weighted by molar-refractivity contribution is 0.195. The van der Waals surface area contributed by atoms with Crippen molar-refractivity contribution in [3.8, 4) is 0 Å². The summed E-state index contributed by atoms with van der Waals surface area (Å²) in [7, 11) is 4.00. The zero-order valence-corrected chi connectivity index (χ0v) is 14.2. The quantitative estimate of drug-likeness (QED) is 0.921. The van der Waals surface area contributed by atoms with Crippen LogP contribution in [0, 0.1) is 0 Å². The zero-order valence-electron chi connectivity index (χ0n) is 14.2. The van der Waals surface area contributed by atoms with E-state index in [2.05, 4.69) is 28.3 Å². The van der Waals surface area contributed by atoms with Gasteiger partial charge in [0, 0.05) is 37.9 Å². The van der Waals surface area contributed by atoms with E-state index in [1.165, 1.54) is 56.6 Å². The average Bonchev–Trinajstić information content (AvgIpc) is 2.55. The Kier molecular flexibility index (Phi) is 4.93. The lowest BCUT2D eigenvalue weighted by Gasteiger charge is -2.35. The number of anilines is 1. The van der Waals surface area contributed by atoms with Crippen LogP contribution in [-0.4, -0.2) is 54.6 Å². The maximum absolute atomic E-state index is 4.75. The summed E-state index contributed by atoms with van der Waals surface area (Å²) in [6, 6.07) is 1.09. The van der Waals surface area contributed by atoms with Crippen LogP contribution in [0.5, 0.6) is 0 Å². The lowest BCUT2D eigenvalue weighted by Crippen LogP contribution is -2.44. The second kappa shape index (κ2) is 6.92. The van der Waals surface area contributed by atoms with Crippen molar-refractivity contribution in [3.05, 3.63) is 17.5 Å². The van der Waals surface area contributed by atoms with Crippen LogP contribution in [0.4, 0.5) is 5.95 Å². The first-order valence-electron chi connectivity index (χ1n) is 8.69. The van der Waals surface area contributed by atoms with Gasteiger partial charge in [-0.05, 0) is 51.7 Å². The number of nitrogens with one attached hydrogen (secondary N) is 1. The molecule has 0 spiro atoms. The van der Waals surface area contributed by atoms with Crippen molar-refractivity contribution in [2.24, 2.45) is 0 Å². The largest absolute Gasteiger partial charge is 0.347 e. The summed E-state index contributed by atoms with van der Waals surface area (Å²) in [6.07, 6.45) is 8.10. The van der Waals surface area contributed by atoms with Crippen LogP contribution < -0.4 is 10.2 Å². The van der Waals surface area contributed by atoms with E-state index < -0.39 is 0 Å². The van der Waals surface area contributed by atoms with Crippen LogP contribution in [0.2, 0.25) is 0 Å². The average molecular weight is 303 g/mol. The first-order chi connectivity index (χ1) is 10.7. The molecular formula is C17H29N5. The Bertz CT molecular complexity index is 494. The van der Waals surface area contributed by atoms with Crippen LogP contribution in [0.3, 0.4) is 0 Å². The van der Waals surface area contributed by atoms with Crippen LogP contribution in [-0.2, 0) is 6.42 Å². The van der Waals surface area contributed by atoms with Gasteiger partial charge in [-0.3, -0.25) is 0 Å². The van der Waals surface area contributed by atoms with E-state index in [9.17, 15) is 0 Å². The molecule has 2 heterocycles. The van der Waals surface area contributed by atoms with Crippen LogP contribution in [0.1, 0.15) is 49.9 Å². The van der Waals surface area contributed by atoms with Crippen molar-refractivity contribution in [1.82, 2.24) is 20.2 Å². The van der Waals surface area contributed by atoms with E-state index in [1.54, 1.807) is 0 Å². The monoisotopic (exact) mass is 303 g/mol. The summed E-state index contributed by atoms with van der Waals surface area (Å²) in [5.41, 5.74) is 2.57. The van der Waals surface area contributed by atoms with Gasteiger partial charge in [-0.1, -0.05) is 6.92 Å². The highest BCUT2D eigenvalue weighted by atomic mass is 15.2. The Balaban J connectivity index is 1.67. The molecule has 2 aliphatic rings. The molecule has 1 aromatic rings. The van der Waals surface area contributed by atoms with E-state index in [0.29, 0.717) is 12.1 Å². The highest BCUT2D eigenvalue weighted by Gasteiger charge is 2.26. The summed E-state index contributed by atoms with van der Waals surface area (Å²) >= 11 is 0. The van der Waals surface area contributed by atoms with E-state index in [0.717, 1.165) is 12.4 Å². The highest BCUT2D eigenvalue weighted by molar-refractivity contribution is 5.34. The first-order valence-corrected chi connectivity index (χ1v) is 8.69. The molecular weight excluding hydrogens is 274 g/mol. The summed E-state index contributed by atoms with van der Waals surface area (Å²) in [6.45, 7) is 5.89. The predicted octanol–water partition coefficient (Wildman–Crippen LogP) is 1.99. The van der Waals surface area contributed by atoms with Gasteiger partial charge >= 0.3 is 0 Å². The Labute approximate surface area is 134 Å². The number of hydrogen-bond donors (Lipinski definition) is 1. The van der Waals surface area contributed by atoms with Crippen molar-refractivity contribution < 1.29 is 0 Å². The molecule has 3 rings (SSSR count). The number of rotatable bonds is 4. The second-order valence-corrected chi connectivity index (χ2v) is 6.79. The van der Waals surface area contributed by atoms with Gasteiger partial charge in [-0.25, -0.2) is 9.97 Å². The Hall–Kier alpha value is -1.20. The van der Waals surface area contributed by atoms with Crippen LogP contribution >= 0.6 is 0 Å². The third kappa shape index (κ3) is 3.41. The van der Waals surface area contributed by atoms with Gasteiger partial charge in [0.2, 0.25) is 5.95 Å². The topological polar surface area (TPSA) is 44.3 Å². The van der Waals surface area contributed by atoms with Gasteiger partial charge in [0.25, 0.3) is 0 Å². The summed E-state index contributed by atoms with van der Waals surface area (Å²) in [5.74, 6) is 0.829. The molecule has 0 saturated carbocycles. The van der Waals surface area contributed by atoms with Gasteiger partial charge in [-0.15, -0.1) is 0 Å². The van der Waals surface area contributed by atoms with Crippen molar-refractivity contribution in [1.29, 1.82) is 0 Å². The second-order valence-electron chi connectivity index (χ2n) is 6.79. The summed E-state index contributed by atoms with van der Waals surface area (Å²) in [4.78, 5) is 13.8. The van der Waals surface area contributed by atoms with Crippen molar-refractivity contribution >= 4 is 5.95 Å². The number of piperidine rings is 1. The van der Waals surface area contributed by atoms with E-state index in [-0.39, 0.29) is 0 Å². The highest BCUT2D eigenvalue weighted by Crippen LogP contribution is 2.30. The molecule has 5 nitrogen and oxygen atoms in total. The van der Waals surface area contributed by atoms with Gasteiger partial charge in [0.15, 0.2) is 0 Å². The third-order valence-corrected chi connectivity index (χ3v) is 5.04. The molecule has 122 valence electrons. The molecule has 0 bridgehead atoms. The molecule has 1 aliphatic heterocycles. The van der Waals surface area contributed by atoms with Crippen LogP contribution in [0.15, 0.2) is 6.20 Å². The van der Waals surface area contributed by atoms with Crippen molar-refractivity contribution in [2.75, 3.05) is 38.6 Å². The minimum absolute atomic E-state index is 0.443. The first kappa shape index (κ1) is 15.7. The molecule has 1 aliphatic carbocycles. The molecule has 1 unspecified atom stereocenters. The maximum atomic E-state index is 4.75. The molecule has 0 radical (unpaired) electrons. The number of aryl methyl sites for hydroxylation is 1. The molecule has 1 N–H and O–H groups in total. The van der Waals surface area contributed by atoms with E-state index in [1.807, 2.05) is 19.0 Å². The van der Waals surface area contributed by atoms with Gasteiger partial charge < -0.3 is 15.1 Å². The van der Waals surface area contributed by atoms with Crippen LogP contribution in [0.25, 0.3) is 0 Å². The van der Waals surface area contributed by atoms with E-state index in [4.69, 9.17) is 4.98 Å². The SMILES string of the molecule is CCN1CCC(NC2CCCc3nc(N(C)C)ncc32)CC1. The fourth-order valence-corrected chi connectivity index (χ4v) is 3.63. The van der Waals surface area contributed by atoms with Gasteiger partial charge in [-0.2, -0.15) is 0 Å². The molecule has 1 atom stereocenters. The lowest BCUT2D eigenvalue weighted by atomic mass is 9.91. The van der Waals surface area contributed by atoms with Crippen molar-refractivity contribution in [3.63, 3.8) is 0 Å². The fraction of sp³-hybridized carbons (Fsp3) is 0.765. The molecule has 1 fully saturated rings. The summed E-state index contributed by atoms with van der Waals surface area (Å²) < 4.78 is 0. The standard InChI is InChI=1S/C17H29N5/c1-4-22-10-8-13(9-11-22)19-15-6-5-7-16-14(15)12-18-17(20-16)21(2)3/h12-13,15,19H,4-11H2,1-3H3. The number of likely N-dealkylation sites (tertiary alicyclic amines) is 1.